The summed E-state index contributed by atoms with van der Waals surface area (Å²) >= 11 is 0. The van der Waals surface area contributed by atoms with Gasteiger partial charge in [0.2, 0.25) is 0 Å². The Kier molecular flexibility index (Phi) is 9.76. The minimum atomic E-state index is -3.42. The molecule has 0 rings (SSSR count). The van der Waals surface area contributed by atoms with E-state index in [-0.39, 0.29) is 18.8 Å². The number of methoxy groups -OCH3 is 1. The Morgan fingerprint density at radius 3 is 2.16 bits per heavy atom. The van der Waals surface area contributed by atoms with E-state index in [2.05, 4.69) is 0 Å². The Morgan fingerprint density at radius 2 is 1.63 bits per heavy atom. The lowest BCUT2D eigenvalue weighted by molar-refractivity contribution is -0.136. The van der Waals surface area contributed by atoms with E-state index < -0.39 is 21.1 Å². The van der Waals surface area contributed by atoms with Crippen molar-refractivity contribution in [2.24, 2.45) is 0 Å². The van der Waals surface area contributed by atoms with Crippen LogP contribution >= 0.6 is 0 Å². The summed E-state index contributed by atoms with van der Waals surface area (Å²) in [6.07, 6.45) is -0.386. The molecule has 0 aliphatic heterocycles. The monoisotopic (exact) mass is 298 g/mol. The predicted molar refractivity (Wildman–Crippen MR) is 69.0 cm³/mol. The van der Waals surface area contributed by atoms with Crippen molar-refractivity contribution in [1.29, 1.82) is 0 Å². The number of sulfone groups is 1. The number of ether oxygens (including phenoxy) is 3. The fourth-order valence-corrected chi connectivity index (χ4v) is 2.36. The van der Waals surface area contributed by atoms with Crippen molar-refractivity contribution in [1.82, 2.24) is 0 Å². The standard InChI is InChI=1S/C11H22O7S/c1-10(9-11(12)13)19(14,15)8-7-18-6-5-17-4-3-16-2/h10H,3-9H2,1-2H3,(H,12,13). The zero-order valence-corrected chi connectivity index (χ0v) is 12.1. The van der Waals surface area contributed by atoms with Crippen molar-refractivity contribution in [3.8, 4) is 0 Å². The number of hydrogen-bond donors (Lipinski definition) is 1. The Bertz CT molecular complexity index is 339. The summed E-state index contributed by atoms with van der Waals surface area (Å²) in [6.45, 7) is 3.06. The fourth-order valence-electron chi connectivity index (χ4n) is 1.21. The lowest BCUT2D eigenvalue weighted by Gasteiger charge is -2.11. The maximum atomic E-state index is 11.6. The number of aliphatic carboxylic acids is 1. The third-order valence-electron chi connectivity index (χ3n) is 2.39. The molecular weight excluding hydrogens is 276 g/mol. The number of carboxylic acids is 1. The topological polar surface area (TPSA) is 99.1 Å². The molecule has 7 nitrogen and oxygen atoms in total. The van der Waals surface area contributed by atoms with Gasteiger partial charge in [0.1, 0.15) is 0 Å². The molecule has 0 fully saturated rings. The average molecular weight is 298 g/mol. The lowest BCUT2D eigenvalue weighted by atomic mass is 10.3. The zero-order valence-electron chi connectivity index (χ0n) is 11.3. The van der Waals surface area contributed by atoms with Gasteiger partial charge < -0.3 is 19.3 Å². The van der Waals surface area contributed by atoms with Crippen molar-refractivity contribution in [2.75, 3.05) is 45.9 Å². The summed E-state index contributed by atoms with van der Waals surface area (Å²) in [5, 5.41) is 7.64. The molecule has 0 saturated carbocycles. The first-order valence-electron chi connectivity index (χ1n) is 5.98. The summed E-state index contributed by atoms with van der Waals surface area (Å²) in [5.41, 5.74) is 0. The van der Waals surface area contributed by atoms with Crippen molar-refractivity contribution in [3.05, 3.63) is 0 Å². The van der Waals surface area contributed by atoms with E-state index in [1.165, 1.54) is 6.92 Å². The molecule has 0 aliphatic carbocycles. The first-order valence-corrected chi connectivity index (χ1v) is 7.69. The van der Waals surface area contributed by atoms with Crippen LogP contribution in [0.1, 0.15) is 13.3 Å². The second-order valence-corrected chi connectivity index (χ2v) is 6.53. The minimum Gasteiger partial charge on any atom is -0.481 e. The van der Waals surface area contributed by atoms with Gasteiger partial charge in [-0.3, -0.25) is 4.79 Å². The Morgan fingerprint density at radius 1 is 1.11 bits per heavy atom. The van der Waals surface area contributed by atoms with Crippen LogP contribution < -0.4 is 0 Å². The van der Waals surface area contributed by atoms with Crippen LogP contribution in [0.2, 0.25) is 0 Å². The van der Waals surface area contributed by atoms with E-state index in [1.807, 2.05) is 0 Å². The van der Waals surface area contributed by atoms with E-state index >= 15 is 0 Å². The van der Waals surface area contributed by atoms with Crippen molar-refractivity contribution < 1.29 is 32.5 Å². The van der Waals surface area contributed by atoms with Gasteiger partial charge in [0, 0.05) is 7.11 Å². The Balaban J connectivity index is 3.67. The predicted octanol–water partition coefficient (Wildman–Crippen LogP) is -0.0560. The van der Waals surface area contributed by atoms with Crippen molar-refractivity contribution in [3.63, 3.8) is 0 Å². The van der Waals surface area contributed by atoms with E-state index in [9.17, 15) is 13.2 Å². The maximum Gasteiger partial charge on any atom is 0.304 e. The van der Waals surface area contributed by atoms with Gasteiger partial charge in [0.05, 0.1) is 50.5 Å². The molecule has 0 heterocycles. The Labute approximate surface area is 113 Å². The first kappa shape index (κ1) is 18.3. The average Bonchev–Trinajstić information content (AvgIpc) is 2.31. The largest absolute Gasteiger partial charge is 0.481 e. The molecule has 0 aromatic carbocycles. The fraction of sp³-hybridized carbons (Fsp3) is 0.909. The molecule has 19 heavy (non-hydrogen) atoms. The van der Waals surface area contributed by atoms with Gasteiger partial charge in [-0.2, -0.15) is 0 Å². The second kappa shape index (κ2) is 10.1. The van der Waals surface area contributed by atoms with E-state index in [0.717, 1.165) is 0 Å². The molecule has 0 aromatic heterocycles. The van der Waals surface area contributed by atoms with Crippen LogP contribution in [-0.4, -0.2) is 70.6 Å². The normalized spacial score (nSPS) is 13.4. The molecule has 0 spiro atoms. The van der Waals surface area contributed by atoms with Gasteiger partial charge in [-0.15, -0.1) is 0 Å². The zero-order chi connectivity index (χ0) is 14.7. The van der Waals surface area contributed by atoms with Crippen LogP contribution in [-0.2, 0) is 28.8 Å². The van der Waals surface area contributed by atoms with Crippen LogP contribution in [0.15, 0.2) is 0 Å². The second-order valence-electron chi connectivity index (χ2n) is 3.99. The van der Waals surface area contributed by atoms with Gasteiger partial charge in [-0.25, -0.2) is 8.42 Å². The summed E-state index contributed by atoms with van der Waals surface area (Å²) in [7, 11) is -1.85. The number of carbonyl (C=O) groups is 1. The molecule has 0 aliphatic rings. The van der Waals surface area contributed by atoms with Crippen LogP contribution in [0.25, 0.3) is 0 Å². The highest BCUT2D eigenvalue weighted by molar-refractivity contribution is 7.92. The van der Waals surface area contributed by atoms with E-state index in [4.69, 9.17) is 19.3 Å². The SMILES string of the molecule is COCCOCCOCCS(=O)(=O)C(C)CC(=O)O. The van der Waals surface area contributed by atoms with Crippen LogP contribution in [0, 0.1) is 0 Å². The summed E-state index contributed by atoms with van der Waals surface area (Å²) in [6, 6.07) is 0. The molecular formula is C11H22O7S. The number of hydrogen-bond acceptors (Lipinski definition) is 6. The van der Waals surface area contributed by atoms with Crippen LogP contribution in [0.5, 0.6) is 0 Å². The lowest BCUT2D eigenvalue weighted by Crippen LogP contribution is -2.26. The highest BCUT2D eigenvalue weighted by atomic mass is 32.2. The molecule has 1 N–H and O–H groups in total. The van der Waals surface area contributed by atoms with Gasteiger partial charge in [-0.05, 0) is 6.92 Å². The van der Waals surface area contributed by atoms with Gasteiger partial charge in [0.15, 0.2) is 9.84 Å². The third kappa shape index (κ3) is 9.83. The highest BCUT2D eigenvalue weighted by Gasteiger charge is 2.22. The quantitative estimate of drug-likeness (QED) is 0.504. The van der Waals surface area contributed by atoms with Gasteiger partial charge in [0.25, 0.3) is 0 Å². The molecule has 1 atom stereocenters. The summed E-state index contributed by atoms with van der Waals surface area (Å²) < 4.78 is 38.3. The van der Waals surface area contributed by atoms with E-state index in [0.29, 0.717) is 26.4 Å². The molecule has 0 aromatic rings. The maximum absolute atomic E-state index is 11.6. The van der Waals surface area contributed by atoms with E-state index in [1.54, 1.807) is 7.11 Å². The van der Waals surface area contributed by atoms with Crippen molar-refractivity contribution in [2.45, 2.75) is 18.6 Å². The third-order valence-corrected chi connectivity index (χ3v) is 4.52. The summed E-state index contributed by atoms with van der Waals surface area (Å²) in [4.78, 5) is 10.4. The number of rotatable bonds is 12. The molecule has 0 radical (unpaired) electrons. The molecule has 0 saturated heterocycles. The molecule has 8 heteroatoms. The van der Waals surface area contributed by atoms with Gasteiger partial charge >= 0.3 is 5.97 Å². The van der Waals surface area contributed by atoms with Crippen LogP contribution in [0.4, 0.5) is 0 Å². The first-order chi connectivity index (χ1) is 8.90. The smallest absolute Gasteiger partial charge is 0.304 e. The van der Waals surface area contributed by atoms with Gasteiger partial charge in [-0.1, -0.05) is 0 Å². The molecule has 0 bridgehead atoms. The highest BCUT2D eigenvalue weighted by Crippen LogP contribution is 2.06. The van der Waals surface area contributed by atoms with Crippen LogP contribution in [0.3, 0.4) is 0 Å². The number of carboxylic acid groups (broad SMARTS) is 1. The Hall–Kier alpha value is -0.700. The van der Waals surface area contributed by atoms with Crippen molar-refractivity contribution >= 4 is 15.8 Å². The summed E-state index contributed by atoms with van der Waals surface area (Å²) in [5.74, 6) is -1.30. The molecule has 1 unspecified atom stereocenters. The molecule has 0 amide bonds. The minimum absolute atomic E-state index is 0.0416. The molecule has 114 valence electrons.